The molecular weight excluding hydrogens is 438 g/mol. The Hall–Kier alpha value is -2.91. The highest BCUT2D eigenvalue weighted by atomic mass is 32.2. The quantitative estimate of drug-likeness (QED) is 0.443. The number of amides is 2. The summed E-state index contributed by atoms with van der Waals surface area (Å²) >= 11 is 1.34. The summed E-state index contributed by atoms with van der Waals surface area (Å²) in [6, 6.07) is 14.2. The molecule has 2 unspecified atom stereocenters. The number of primary amides is 1. The number of nitrogens with two attached hydrogens (primary N) is 1. The van der Waals surface area contributed by atoms with E-state index in [1.807, 2.05) is 35.8 Å². The van der Waals surface area contributed by atoms with Gasteiger partial charge in [-0.15, -0.1) is 10.2 Å². The van der Waals surface area contributed by atoms with Crippen LogP contribution in [0.3, 0.4) is 0 Å². The third kappa shape index (κ3) is 5.91. The van der Waals surface area contributed by atoms with Crippen LogP contribution in [0.15, 0.2) is 47.6 Å². The third-order valence-electron chi connectivity index (χ3n) is 5.80. The van der Waals surface area contributed by atoms with Gasteiger partial charge in [-0.1, -0.05) is 54.2 Å². The van der Waals surface area contributed by atoms with Gasteiger partial charge < -0.3 is 20.4 Å². The van der Waals surface area contributed by atoms with Crippen molar-refractivity contribution in [2.75, 3.05) is 12.4 Å². The molecule has 8 nitrogen and oxygen atoms in total. The molecule has 1 saturated heterocycles. The van der Waals surface area contributed by atoms with Crippen molar-refractivity contribution in [1.29, 1.82) is 0 Å². The molecular formula is C24H29N5O3S. The second kappa shape index (κ2) is 10.8. The molecule has 0 saturated carbocycles. The number of aryl methyl sites for hydroxylation is 1. The van der Waals surface area contributed by atoms with Gasteiger partial charge in [-0.3, -0.25) is 9.59 Å². The number of rotatable bonds is 10. The van der Waals surface area contributed by atoms with Crippen molar-refractivity contribution < 1.29 is 14.3 Å². The second-order valence-corrected chi connectivity index (χ2v) is 9.20. The number of hydrogen-bond donors (Lipinski definition) is 2. The van der Waals surface area contributed by atoms with Gasteiger partial charge in [0.25, 0.3) is 0 Å². The van der Waals surface area contributed by atoms with Gasteiger partial charge in [-0.25, -0.2) is 0 Å². The Bertz CT molecular complexity index is 1120. The Kier molecular flexibility index (Phi) is 7.61. The minimum atomic E-state index is -0.377. The summed E-state index contributed by atoms with van der Waals surface area (Å²) in [6.07, 6.45) is 2.71. The van der Waals surface area contributed by atoms with Crippen LogP contribution < -0.4 is 11.1 Å². The van der Waals surface area contributed by atoms with Crippen LogP contribution in [0.2, 0.25) is 0 Å². The largest absolute Gasteiger partial charge is 0.376 e. The number of benzene rings is 2. The van der Waals surface area contributed by atoms with Crippen LogP contribution >= 0.6 is 11.8 Å². The molecule has 33 heavy (non-hydrogen) atoms. The fourth-order valence-electron chi connectivity index (χ4n) is 4.14. The number of ether oxygens (including phenoxy) is 1. The summed E-state index contributed by atoms with van der Waals surface area (Å²) in [5.74, 6) is 0.453. The minimum absolute atomic E-state index is 0.0780. The zero-order valence-electron chi connectivity index (χ0n) is 18.7. The monoisotopic (exact) mass is 467 g/mol. The Balaban J connectivity index is 1.41. The van der Waals surface area contributed by atoms with Gasteiger partial charge in [0.15, 0.2) is 5.16 Å². The van der Waals surface area contributed by atoms with Crippen LogP contribution in [0.1, 0.15) is 43.6 Å². The van der Waals surface area contributed by atoms with Crippen molar-refractivity contribution in [3.05, 3.63) is 53.9 Å². The number of carbonyl (C=O) groups is 2. The standard InChI is InChI=1S/C24H29N5O3S/c1-16(19-10-4-7-17-6-2-3-9-20(17)19)26-23(31)15-33-24-28-27-22(12-11-21(25)30)29(24)14-18-8-5-13-32-18/h2-4,6-7,9-10,16,18H,5,8,11-15H2,1H3,(H2,25,30)(H,26,31). The van der Waals surface area contributed by atoms with E-state index in [0.29, 0.717) is 23.9 Å². The molecule has 174 valence electrons. The van der Waals surface area contributed by atoms with Gasteiger partial charge >= 0.3 is 0 Å². The maximum absolute atomic E-state index is 12.7. The first-order valence-electron chi connectivity index (χ1n) is 11.2. The van der Waals surface area contributed by atoms with Crippen molar-refractivity contribution in [1.82, 2.24) is 20.1 Å². The van der Waals surface area contributed by atoms with Crippen LogP contribution in [0.5, 0.6) is 0 Å². The van der Waals surface area contributed by atoms with Crippen molar-refractivity contribution in [3.8, 4) is 0 Å². The highest BCUT2D eigenvalue weighted by molar-refractivity contribution is 7.99. The van der Waals surface area contributed by atoms with E-state index >= 15 is 0 Å². The van der Waals surface area contributed by atoms with Crippen molar-refractivity contribution >= 4 is 34.3 Å². The Morgan fingerprint density at radius 1 is 1.24 bits per heavy atom. The van der Waals surface area contributed by atoms with Crippen molar-refractivity contribution in [2.24, 2.45) is 5.73 Å². The van der Waals surface area contributed by atoms with E-state index in [4.69, 9.17) is 10.5 Å². The van der Waals surface area contributed by atoms with E-state index in [2.05, 4.69) is 33.7 Å². The van der Waals surface area contributed by atoms with Gasteiger partial charge in [-0.05, 0) is 36.1 Å². The molecule has 2 amide bonds. The number of fused-ring (bicyclic) bond motifs is 1. The second-order valence-electron chi connectivity index (χ2n) is 8.26. The fourth-order valence-corrected chi connectivity index (χ4v) is 4.92. The number of hydrogen-bond acceptors (Lipinski definition) is 6. The van der Waals surface area contributed by atoms with Crippen LogP contribution in [0.4, 0.5) is 0 Å². The molecule has 9 heteroatoms. The Morgan fingerprint density at radius 2 is 2.06 bits per heavy atom. The molecule has 3 aromatic rings. The molecule has 0 radical (unpaired) electrons. The molecule has 0 spiro atoms. The maximum Gasteiger partial charge on any atom is 0.230 e. The summed E-state index contributed by atoms with van der Waals surface area (Å²) in [7, 11) is 0. The number of nitrogens with zero attached hydrogens (tertiary/aromatic N) is 3. The minimum Gasteiger partial charge on any atom is -0.376 e. The summed E-state index contributed by atoms with van der Waals surface area (Å²) in [5, 5.41) is 14.6. The summed E-state index contributed by atoms with van der Waals surface area (Å²) in [4.78, 5) is 24.0. The summed E-state index contributed by atoms with van der Waals surface area (Å²) in [6.45, 7) is 3.35. The van der Waals surface area contributed by atoms with E-state index in [0.717, 1.165) is 35.8 Å². The van der Waals surface area contributed by atoms with E-state index in [1.165, 1.54) is 11.8 Å². The van der Waals surface area contributed by atoms with E-state index in [1.54, 1.807) is 0 Å². The predicted octanol–water partition coefficient (Wildman–Crippen LogP) is 3.00. The highest BCUT2D eigenvalue weighted by Crippen LogP contribution is 2.25. The van der Waals surface area contributed by atoms with Gasteiger partial charge in [0.2, 0.25) is 11.8 Å². The topological polar surface area (TPSA) is 112 Å². The molecule has 2 atom stereocenters. The Labute approximate surface area is 197 Å². The molecule has 3 N–H and O–H groups in total. The Morgan fingerprint density at radius 3 is 2.85 bits per heavy atom. The number of nitrogens with one attached hydrogen (secondary N) is 1. The average molecular weight is 468 g/mol. The van der Waals surface area contributed by atoms with Gasteiger partial charge in [0.05, 0.1) is 24.4 Å². The molecule has 1 aliphatic heterocycles. The molecule has 1 aliphatic rings. The maximum atomic E-state index is 12.7. The lowest BCUT2D eigenvalue weighted by Gasteiger charge is -2.17. The first kappa shape index (κ1) is 23.3. The van der Waals surface area contributed by atoms with E-state index in [9.17, 15) is 9.59 Å². The lowest BCUT2D eigenvalue weighted by atomic mass is 10.00. The molecule has 2 aromatic carbocycles. The van der Waals surface area contributed by atoms with Gasteiger partial charge in [0.1, 0.15) is 5.82 Å². The predicted molar refractivity (Wildman–Crippen MR) is 128 cm³/mol. The molecule has 2 heterocycles. The first-order valence-corrected chi connectivity index (χ1v) is 12.2. The molecule has 4 rings (SSSR count). The number of aromatic nitrogens is 3. The lowest BCUT2D eigenvalue weighted by Crippen LogP contribution is -2.28. The zero-order chi connectivity index (χ0) is 23.2. The summed E-state index contributed by atoms with van der Waals surface area (Å²) in [5.41, 5.74) is 6.39. The van der Waals surface area contributed by atoms with Crippen molar-refractivity contribution in [2.45, 2.75) is 56.5 Å². The van der Waals surface area contributed by atoms with Crippen molar-refractivity contribution in [3.63, 3.8) is 0 Å². The van der Waals surface area contributed by atoms with Crippen LogP contribution in [0, 0.1) is 0 Å². The van der Waals surface area contributed by atoms with E-state index in [-0.39, 0.29) is 36.1 Å². The fraction of sp³-hybridized carbons (Fsp3) is 0.417. The van der Waals surface area contributed by atoms with Crippen LogP contribution in [-0.4, -0.2) is 45.0 Å². The van der Waals surface area contributed by atoms with Crippen LogP contribution in [0.25, 0.3) is 10.8 Å². The number of thioether (sulfide) groups is 1. The zero-order valence-corrected chi connectivity index (χ0v) is 19.5. The normalized spacial score (nSPS) is 16.7. The highest BCUT2D eigenvalue weighted by Gasteiger charge is 2.22. The van der Waals surface area contributed by atoms with Gasteiger partial charge in [-0.2, -0.15) is 0 Å². The molecule has 1 aromatic heterocycles. The SMILES string of the molecule is CC(NC(=O)CSc1nnc(CCC(N)=O)n1CC1CCCO1)c1cccc2ccccc12. The summed E-state index contributed by atoms with van der Waals surface area (Å²) < 4.78 is 7.73. The molecule has 0 bridgehead atoms. The van der Waals surface area contributed by atoms with Gasteiger partial charge in [0, 0.05) is 19.4 Å². The van der Waals surface area contributed by atoms with Crippen LogP contribution in [-0.2, 0) is 27.3 Å². The average Bonchev–Trinajstić information content (AvgIpc) is 3.46. The molecule has 0 aliphatic carbocycles. The van der Waals surface area contributed by atoms with E-state index < -0.39 is 0 Å². The third-order valence-corrected chi connectivity index (χ3v) is 6.77. The smallest absolute Gasteiger partial charge is 0.230 e. The molecule has 1 fully saturated rings. The number of carbonyl (C=O) groups excluding carboxylic acids is 2. The first-order chi connectivity index (χ1) is 16.0. The lowest BCUT2D eigenvalue weighted by molar-refractivity contribution is -0.119.